The van der Waals surface area contributed by atoms with E-state index in [1.165, 1.54) is 36.4 Å². The van der Waals surface area contributed by atoms with Crippen LogP contribution in [0.1, 0.15) is 17.2 Å². The predicted molar refractivity (Wildman–Crippen MR) is 85.6 cm³/mol. The zero-order chi connectivity index (χ0) is 17.8. The van der Waals surface area contributed by atoms with Crippen molar-refractivity contribution in [1.29, 1.82) is 0 Å². The second-order valence-corrected chi connectivity index (χ2v) is 6.68. The summed E-state index contributed by atoms with van der Waals surface area (Å²) in [5.41, 5.74) is -0.718. The van der Waals surface area contributed by atoms with E-state index >= 15 is 0 Å². The van der Waals surface area contributed by atoms with Gasteiger partial charge in [-0.3, -0.25) is 4.18 Å². The maximum atomic E-state index is 13.4. The van der Waals surface area contributed by atoms with Gasteiger partial charge in [-0.2, -0.15) is 21.6 Å². The van der Waals surface area contributed by atoms with Crippen molar-refractivity contribution in [3.63, 3.8) is 0 Å². The van der Waals surface area contributed by atoms with Gasteiger partial charge in [-0.1, -0.05) is 60.7 Å². The maximum Gasteiger partial charge on any atom is 0.416 e. The van der Waals surface area contributed by atoms with Gasteiger partial charge in [0.25, 0.3) is 10.1 Å². The van der Waals surface area contributed by atoms with Crippen molar-refractivity contribution in [1.82, 2.24) is 0 Å². The minimum atomic E-state index is -4.66. The molecule has 7 heteroatoms. The Balaban J connectivity index is 2.56. The standard InChI is InChI=1S/C17H15F3O3S/c1-24(21,22)23-16(14-10-6-3-7-11-14)12-15(17(18,19)20)13-8-4-2-5-9-13/h2-12,16H,1H3/b15-12+. The fourth-order valence-corrected chi connectivity index (χ4v) is 2.68. The van der Waals surface area contributed by atoms with E-state index in [0.717, 1.165) is 12.3 Å². The molecule has 2 aromatic carbocycles. The molecular weight excluding hydrogens is 341 g/mol. The number of hydrogen-bond donors (Lipinski definition) is 0. The van der Waals surface area contributed by atoms with E-state index in [1.54, 1.807) is 24.3 Å². The molecule has 0 radical (unpaired) electrons. The van der Waals surface area contributed by atoms with Crippen molar-refractivity contribution in [3.8, 4) is 0 Å². The monoisotopic (exact) mass is 356 g/mol. The molecule has 0 N–H and O–H groups in total. The highest BCUT2D eigenvalue weighted by Crippen LogP contribution is 2.37. The van der Waals surface area contributed by atoms with Crippen molar-refractivity contribution in [2.75, 3.05) is 6.26 Å². The largest absolute Gasteiger partial charge is 0.416 e. The van der Waals surface area contributed by atoms with Crippen molar-refractivity contribution in [2.24, 2.45) is 0 Å². The van der Waals surface area contributed by atoms with Crippen LogP contribution in [0.4, 0.5) is 13.2 Å². The SMILES string of the molecule is CS(=O)(=O)OC(/C=C(\c1ccccc1)C(F)(F)F)c1ccccc1. The molecule has 0 aliphatic rings. The highest BCUT2D eigenvalue weighted by atomic mass is 32.2. The normalized spacial score (nSPS) is 14.4. The first-order valence-corrected chi connectivity index (χ1v) is 8.76. The third-order valence-electron chi connectivity index (χ3n) is 3.11. The molecule has 2 rings (SSSR count). The van der Waals surface area contributed by atoms with Crippen molar-refractivity contribution in [2.45, 2.75) is 12.3 Å². The Bertz CT molecular complexity index is 798. The summed E-state index contributed by atoms with van der Waals surface area (Å²) in [6, 6.07) is 15.0. The van der Waals surface area contributed by atoms with Gasteiger partial charge in [-0.15, -0.1) is 0 Å². The Hall–Kier alpha value is -2.12. The molecule has 0 heterocycles. The van der Waals surface area contributed by atoms with Gasteiger partial charge in [0.05, 0.1) is 11.8 Å². The lowest BCUT2D eigenvalue weighted by molar-refractivity contribution is -0.0694. The highest BCUT2D eigenvalue weighted by molar-refractivity contribution is 7.86. The van der Waals surface area contributed by atoms with E-state index in [0.29, 0.717) is 5.56 Å². The Morgan fingerprint density at radius 3 is 1.96 bits per heavy atom. The average Bonchev–Trinajstić information content (AvgIpc) is 2.51. The van der Waals surface area contributed by atoms with Gasteiger partial charge in [-0.05, 0) is 17.2 Å². The lowest BCUT2D eigenvalue weighted by Crippen LogP contribution is -2.15. The number of allylic oxidation sites excluding steroid dienone is 1. The van der Waals surface area contributed by atoms with Gasteiger partial charge in [-0.25, -0.2) is 0 Å². The molecule has 0 saturated carbocycles. The number of hydrogen-bond acceptors (Lipinski definition) is 3. The molecule has 0 bridgehead atoms. The number of halogens is 3. The molecule has 0 aromatic heterocycles. The third kappa shape index (κ3) is 5.21. The molecule has 0 aliphatic carbocycles. The van der Waals surface area contributed by atoms with Crippen LogP contribution in [0.15, 0.2) is 66.7 Å². The van der Waals surface area contributed by atoms with E-state index in [-0.39, 0.29) is 5.56 Å². The van der Waals surface area contributed by atoms with Gasteiger partial charge in [0.15, 0.2) is 0 Å². The van der Waals surface area contributed by atoms with Crippen LogP contribution in [0.5, 0.6) is 0 Å². The van der Waals surface area contributed by atoms with Crippen molar-refractivity contribution >= 4 is 15.7 Å². The Morgan fingerprint density at radius 2 is 1.50 bits per heavy atom. The molecule has 0 aliphatic heterocycles. The summed E-state index contributed by atoms with van der Waals surface area (Å²) in [5, 5.41) is 0. The molecule has 0 amide bonds. The molecule has 128 valence electrons. The lowest BCUT2D eigenvalue weighted by Gasteiger charge is -2.18. The Morgan fingerprint density at radius 1 is 1.00 bits per heavy atom. The zero-order valence-electron chi connectivity index (χ0n) is 12.7. The first kappa shape index (κ1) is 18.2. The van der Waals surface area contributed by atoms with Crippen LogP contribution < -0.4 is 0 Å². The van der Waals surface area contributed by atoms with Gasteiger partial charge in [0, 0.05) is 0 Å². The molecule has 2 aromatic rings. The highest BCUT2D eigenvalue weighted by Gasteiger charge is 2.36. The summed E-state index contributed by atoms with van der Waals surface area (Å²) in [4.78, 5) is 0. The molecule has 0 fully saturated rings. The topological polar surface area (TPSA) is 43.4 Å². The van der Waals surface area contributed by atoms with E-state index in [4.69, 9.17) is 4.18 Å². The third-order valence-corrected chi connectivity index (χ3v) is 3.67. The van der Waals surface area contributed by atoms with Gasteiger partial charge >= 0.3 is 6.18 Å². The Kier molecular flexibility index (Phi) is 5.46. The predicted octanol–water partition coefficient (Wildman–Crippen LogP) is 4.35. The van der Waals surface area contributed by atoms with E-state index < -0.39 is 28.0 Å². The second kappa shape index (κ2) is 7.19. The first-order valence-electron chi connectivity index (χ1n) is 6.94. The van der Waals surface area contributed by atoms with Crippen LogP contribution in [0, 0.1) is 0 Å². The molecular formula is C17H15F3O3S. The summed E-state index contributed by atoms with van der Waals surface area (Å²) >= 11 is 0. The molecule has 0 saturated heterocycles. The fraction of sp³-hybridized carbons (Fsp3) is 0.176. The number of alkyl halides is 3. The fourth-order valence-electron chi connectivity index (χ4n) is 2.13. The van der Waals surface area contributed by atoms with E-state index in [1.807, 2.05) is 0 Å². The smallest absolute Gasteiger partial charge is 0.258 e. The van der Waals surface area contributed by atoms with Crippen LogP contribution in [0.2, 0.25) is 0 Å². The summed E-state index contributed by atoms with van der Waals surface area (Å²) < 4.78 is 68.1. The molecule has 24 heavy (non-hydrogen) atoms. The summed E-state index contributed by atoms with van der Waals surface area (Å²) in [6.45, 7) is 0. The van der Waals surface area contributed by atoms with Crippen LogP contribution in [0.25, 0.3) is 5.57 Å². The number of benzene rings is 2. The second-order valence-electron chi connectivity index (χ2n) is 5.08. The van der Waals surface area contributed by atoms with Crippen LogP contribution >= 0.6 is 0 Å². The average molecular weight is 356 g/mol. The van der Waals surface area contributed by atoms with Gasteiger partial charge in [0.2, 0.25) is 0 Å². The van der Waals surface area contributed by atoms with Gasteiger partial charge < -0.3 is 0 Å². The zero-order valence-corrected chi connectivity index (χ0v) is 13.5. The summed E-state index contributed by atoms with van der Waals surface area (Å²) in [6.07, 6.45) is -4.45. The summed E-state index contributed by atoms with van der Waals surface area (Å²) in [5.74, 6) is 0. The molecule has 3 nitrogen and oxygen atoms in total. The van der Waals surface area contributed by atoms with Crippen LogP contribution in [0.3, 0.4) is 0 Å². The van der Waals surface area contributed by atoms with Crippen molar-refractivity contribution in [3.05, 3.63) is 77.9 Å². The quantitative estimate of drug-likeness (QED) is 0.748. The maximum absolute atomic E-state index is 13.4. The van der Waals surface area contributed by atoms with Crippen LogP contribution in [-0.4, -0.2) is 20.8 Å². The molecule has 1 unspecified atom stereocenters. The van der Waals surface area contributed by atoms with Gasteiger partial charge in [0.1, 0.15) is 6.10 Å². The number of rotatable bonds is 5. The van der Waals surface area contributed by atoms with Crippen LogP contribution in [-0.2, 0) is 14.3 Å². The minimum absolute atomic E-state index is 0.0666. The summed E-state index contributed by atoms with van der Waals surface area (Å²) in [7, 11) is -3.96. The molecule has 0 spiro atoms. The Labute approximate surface area is 138 Å². The molecule has 1 atom stereocenters. The van der Waals surface area contributed by atoms with E-state index in [2.05, 4.69) is 0 Å². The van der Waals surface area contributed by atoms with Crippen molar-refractivity contribution < 1.29 is 25.8 Å². The first-order chi connectivity index (χ1) is 11.2. The lowest BCUT2D eigenvalue weighted by atomic mass is 10.0. The van der Waals surface area contributed by atoms with E-state index in [9.17, 15) is 21.6 Å². The minimum Gasteiger partial charge on any atom is -0.258 e.